The molecule has 2 aromatic heterocycles. The summed E-state index contributed by atoms with van der Waals surface area (Å²) in [5, 5.41) is 2.99. The number of anilines is 1. The molecular weight excluding hydrogens is 360 g/mol. The molecule has 2 heterocycles. The summed E-state index contributed by atoms with van der Waals surface area (Å²) in [6, 6.07) is 10.7. The second-order valence-corrected chi connectivity index (χ2v) is 6.22. The van der Waals surface area contributed by atoms with Gasteiger partial charge in [-0.1, -0.05) is 29.5 Å². The number of benzene rings is 1. The molecule has 3 rings (SSSR count). The van der Waals surface area contributed by atoms with E-state index in [0.29, 0.717) is 16.4 Å². The minimum Gasteiger partial charge on any atom is -0.384 e. The smallest absolute Gasteiger partial charge is 0.252 e. The fourth-order valence-corrected chi connectivity index (χ4v) is 2.78. The Labute approximate surface area is 162 Å². The molecule has 5 nitrogen and oxygen atoms in total. The molecule has 27 heavy (non-hydrogen) atoms. The van der Waals surface area contributed by atoms with Crippen LogP contribution in [0.25, 0.3) is 11.1 Å². The molecule has 0 unspecified atom stereocenters. The average molecular weight is 377 g/mol. The highest BCUT2D eigenvalue weighted by molar-refractivity contribution is 6.34. The number of nitrogens with one attached hydrogen (secondary N) is 1. The summed E-state index contributed by atoms with van der Waals surface area (Å²) in [6.45, 7) is 1.89. The number of hydrogen-bond acceptors (Lipinski definition) is 4. The second-order valence-electron chi connectivity index (χ2n) is 5.81. The van der Waals surface area contributed by atoms with E-state index in [0.717, 1.165) is 27.9 Å². The Morgan fingerprint density at radius 3 is 2.67 bits per heavy atom. The molecule has 0 bridgehead atoms. The van der Waals surface area contributed by atoms with Crippen molar-refractivity contribution in [3.8, 4) is 23.0 Å². The number of hydrogen-bond donors (Lipinski definition) is 2. The Kier molecular flexibility index (Phi) is 5.39. The van der Waals surface area contributed by atoms with Gasteiger partial charge in [-0.05, 0) is 42.8 Å². The van der Waals surface area contributed by atoms with Gasteiger partial charge in [0.1, 0.15) is 5.82 Å². The molecule has 3 N–H and O–H groups in total. The highest BCUT2D eigenvalue weighted by atomic mass is 35.5. The third-order valence-electron chi connectivity index (χ3n) is 4.01. The van der Waals surface area contributed by atoms with Gasteiger partial charge in [-0.2, -0.15) is 0 Å². The van der Waals surface area contributed by atoms with Crippen molar-refractivity contribution >= 4 is 23.3 Å². The number of halogens is 1. The normalized spacial score (nSPS) is 10.0. The predicted molar refractivity (Wildman–Crippen MR) is 107 cm³/mol. The van der Waals surface area contributed by atoms with E-state index in [1.54, 1.807) is 37.6 Å². The van der Waals surface area contributed by atoms with Gasteiger partial charge in [-0.25, -0.2) is 4.98 Å². The topological polar surface area (TPSA) is 80.9 Å². The number of nitrogen functional groups attached to an aromatic ring is 1. The molecule has 6 heteroatoms. The molecule has 0 aliphatic heterocycles. The average Bonchev–Trinajstić information content (AvgIpc) is 2.68. The minimum absolute atomic E-state index is 0.242. The maximum atomic E-state index is 12.1. The van der Waals surface area contributed by atoms with Gasteiger partial charge < -0.3 is 11.1 Å². The van der Waals surface area contributed by atoms with E-state index < -0.39 is 0 Å². The van der Waals surface area contributed by atoms with Crippen LogP contribution in [0.3, 0.4) is 0 Å². The summed E-state index contributed by atoms with van der Waals surface area (Å²) in [6.07, 6.45) is 3.34. The van der Waals surface area contributed by atoms with Gasteiger partial charge >= 0.3 is 0 Å². The van der Waals surface area contributed by atoms with Crippen molar-refractivity contribution in [2.75, 3.05) is 12.8 Å². The molecule has 0 atom stereocenters. The number of aryl methyl sites for hydroxylation is 1. The first-order valence-corrected chi connectivity index (χ1v) is 8.58. The van der Waals surface area contributed by atoms with Crippen molar-refractivity contribution in [1.29, 1.82) is 0 Å². The standard InChI is InChI=1S/C21H17ClN4O/c1-13-16(6-3-14-4-8-20(23)26-12-14)17(9-10-25-13)15-5-7-19(22)18(11-15)21(27)24-2/h4-5,7-12H,1-2H3,(H2,23,26)(H,24,27). The first kappa shape index (κ1) is 18.4. The van der Waals surface area contributed by atoms with Crippen LogP contribution in [0.5, 0.6) is 0 Å². The molecule has 3 aromatic rings. The number of carbonyl (C=O) groups excluding carboxylic acids is 1. The molecule has 134 valence electrons. The fourth-order valence-electron chi connectivity index (χ4n) is 2.58. The maximum Gasteiger partial charge on any atom is 0.252 e. The lowest BCUT2D eigenvalue weighted by Gasteiger charge is -2.10. The maximum absolute atomic E-state index is 12.1. The number of aromatic nitrogens is 2. The predicted octanol–water partition coefficient (Wildman–Crippen LogP) is 3.45. The van der Waals surface area contributed by atoms with Gasteiger partial charge in [0.25, 0.3) is 5.91 Å². The summed E-state index contributed by atoms with van der Waals surface area (Å²) >= 11 is 6.16. The molecule has 0 aliphatic carbocycles. The number of rotatable bonds is 2. The van der Waals surface area contributed by atoms with Crippen LogP contribution in [-0.2, 0) is 0 Å². The summed E-state index contributed by atoms with van der Waals surface area (Å²) < 4.78 is 0. The summed E-state index contributed by atoms with van der Waals surface area (Å²) in [4.78, 5) is 20.4. The first-order chi connectivity index (χ1) is 13.0. The Bertz CT molecular complexity index is 1070. The van der Waals surface area contributed by atoms with Crippen LogP contribution in [0.1, 0.15) is 27.2 Å². The molecule has 1 aromatic carbocycles. The van der Waals surface area contributed by atoms with Gasteiger partial charge in [0, 0.05) is 30.6 Å². The van der Waals surface area contributed by atoms with E-state index in [1.807, 2.05) is 25.1 Å². The molecule has 0 aliphatic rings. The van der Waals surface area contributed by atoms with Crippen molar-refractivity contribution < 1.29 is 4.79 Å². The van der Waals surface area contributed by atoms with Crippen molar-refractivity contribution in [2.24, 2.45) is 0 Å². The molecule has 0 radical (unpaired) electrons. The van der Waals surface area contributed by atoms with Gasteiger partial charge in [0.15, 0.2) is 0 Å². The number of pyridine rings is 2. The second kappa shape index (κ2) is 7.90. The van der Waals surface area contributed by atoms with Crippen LogP contribution in [0, 0.1) is 18.8 Å². The number of nitrogens with zero attached hydrogens (tertiary/aromatic N) is 2. The lowest BCUT2D eigenvalue weighted by Crippen LogP contribution is -2.18. The summed E-state index contributed by atoms with van der Waals surface area (Å²) in [7, 11) is 1.57. The molecule has 0 saturated heterocycles. The zero-order valence-electron chi connectivity index (χ0n) is 14.9. The van der Waals surface area contributed by atoms with E-state index >= 15 is 0 Å². The quantitative estimate of drug-likeness (QED) is 0.671. The first-order valence-electron chi connectivity index (χ1n) is 8.20. The lowest BCUT2D eigenvalue weighted by atomic mass is 9.97. The zero-order chi connectivity index (χ0) is 19.4. The fraction of sp³-hybridized carbons (Fsp3) is 0.0952. The highest BCUT2D eigenvalue weighted by Crippen LogP contribution is 2.28. The molecule has 1 amide bonds. The Balaban J connectivity index is 2.10. The van der Waals surface area contributed by atoms with Gasteiger partial charge in [0.05, 0.1) is 21.8 Å². The van der Waals surface area contributed by atoms with E-state index in [4.69, 9.17) is 17.3 Å². The monoisotopic (exact) mass is 376 g/mol. The zero-order valence-corrected chi connectivity index (χ0v) is 15.6. The Hall–Kier alpha value is -3.36. The van der Waals surface area contributed by atoms with Crippen LogP contribution in [0.15, 0.2) is 48.8 Å². The van der Waals surface area contributed by atoms with E-state index in [9.17, 15) is 4.79 Å². The summed E-state index contributed by atoms with van der Waals surface area (Å²) in [5.74, 6) is 6.46. The highest BCUT2D eigenvalue weighted by Gasteiger charge is 2.13. The van der Waals surface area contributed by atoms with Crippen LogP contribution in [-0.4, -0.2) is 22.9 Å². The molecule has 0 spiro atoms. The minimum atomic E-state index is -0.242. The van der Waals surface area contributed by atoms with Crippen molar-refractivity contribution in [3.05, 3.63) is 76.2 Å². The van der Waals surface area contributed by atoms with Crippen LogP contribution in [0.2, 0.25) is 5.02 Å². The van der Waals surface area contributed by atoms with Gasteiger partial charge in [-0.3, -0.25) is 9.78 Å². The van der Waals surface area contributed by atoms with Gasteiger partial charge in [-0.15, -0.1) is 0 Å². The lowest BCUT2D eigenvalue weighted by molar-refractivity contribution is 0.0963. The molecule has 0 saturated carbocycles. The van der Waals surface area contributed by atoms with Crippen LogP contribution >= 0.6 is 11.6 Å². The van der Waals surface area contributed by atoms with Crippen LogP contribution in [0.4, 0.5) is 5.82 Å². The van der Waals surface area contributed by atoms with Crippen molar-refractivity contribution in [3.63, 3.8) is 0 Å². The third-order valence-corrected chi connectivity index (χ3v) is 4.34. The van der Waals surface area contributed by atoms with E-state index in [2.05, 4.69) is 27.1 Å². The largest absolute Gasteiger partial charge is 0.384 e. The third kappa shape index (κ3) is 4.08. The Morgan fingerprint density at radius 1 is 1.15 bits per heavy atom. The van der Waals surface area contributed by atoms with E-state index in [-0.39, 0.29) is 5.91 Å². The van der Waals surface area contributed by atoms with Crippen LogP contribution < -0.4 is 11.1 Å². The summed E-state index contributed by atoms with van der Waals surface area (Å²) in [5.41, 5.74) is 10.0. The SMILES string of the molecule is CNC(=O)c1cc(-c2ccnc(C)c2C#Cc2ccc(N)nc2)ccc1Cl. The van der Waals surface area contributed by atoms with Gasteiger partial charge in [0.2, 0.25) is 0 Å². The molecular formula is C21H17ClN4O. The van der Waals surface area contributed by atoms with Crippen molar-refractivity contribution in [2.45, 2.75) is 6.92 Å². The van der Waals surface area contributed by atoms with Crippen molar-refractivity contribution in [1.82, 2.24) is 15.3 Å². The number of amides is 1. The number of nitrogens with two attached hydrogens (primary N) is 1. The number of carbonyl (C=O) groups is 1. The Morgan fingerprint density at radius 2 is 1.96 bits per heavy atom. The molecule has 0 fully saturated rings. The van der Waals surface area contributed by atoms with E-state index in [1.165, 1.54) is 0 Å².